The summed E-state index contributed by atoms with van der Waals surface area (Å²) in [5, 5.41) is 12.2. The second kappa shape index (κ2) is 8.50. The molecular weight excluding hydrogens is 378 g/mol. The number of hydrogen-bond donors (Lipinski definition) is 1. The minimum atomic E-state index is -0.383. The van der Waals surface area contributed by atoms with Crippen LogP contribution in [0.25, 0.3) is 6.08 Å². The van der Waals surface area contributed by atoms with Crippen LogP contribution in [0.15, 0.2) is 58.6 Å². The third-order valence-corrected chi connectivity index (χ3v) is 4.41. The zero-order valence-electron chi connectivity index (χ0n) is 14.5. The van der Waals surface area contributed by atoms with E-state index in [0.717, 1.165) is 21.3 Å². The number of anilines is 1. The molecule has 0 unspecified atom stereocenters. The van der Waals surface area contributed by atoms with Crippen LogP contribution in [0.1, 0.15) is 24.1 Å². The topological polar surface area (TPSA) is 56.1 Å². The second-order valence-electron chi connectivity index (χ2n) is 5.88. The number of nitrogens with one attached hydrogen (secondary N) is 1. The number of nitrogens with zero attached hydrogens (tertiary/aromatic N) is 2. The summed E-state index contributed by atoms with van der Waals surface area (Å²) in [6.07, 6.45) is 1.59. The molecule has 0 heterocycles. The lowest BCUT2D eigenvalue weighted by molar-refractivity contribution is -0.117. The fourth-order valence-corrected chi connectivity index (χ4v) is 3.14. The Labute approximate surface area is 156 Å². The third kappa shape index (κ3) is 4.94. The van der Waals surface area contributed by atoms with E-state index in [0.29, 0.717) is 0 Å². The summed E-state index contributed by atoms with van der Waals surface area (Å²) in [7, 11) is 3.91. The number of carbonyl (C=O) groups is 1. The lowest BCUT2D eigenvalue weighted by atomic mass is 10.1. The summed E-state index contributed by atoms with van der Waals surface area (Å²) in [6.45, 7) is 1.89. The zero-order chi connectivity index (χ0) is 18.4. The highest BCUT2D eigenvalue weighted by atomic mass is 79.9. The van der Waals surface area contributed by atoms with Gasteiger partial charge < -0.3 is 10.2 Å². The van der Waals surface area contributed by atoms with Gasteiger partial charge >= 0.3 is 0 Å². The highest BCUT2D eigenvalue weighted by Crippen LogP contribution is 2.26. The van der Waals surface area contributed by atoms with Gasteiger partial charge in [0.25, 0.3) is 5.91 Å². The number of benzene rings is 2. The monoisotopic (exact) mass is 397 g/mol. The SMILES string of the molecule is C[C@H](NC(=O)/C(C#N)=C\c1ccc(N(C)C)c(Br)c1)c1ccccc1. The number of rotatable bonds is 5. The summed E-state index contributed by atoms with van der Waals surface area (Å²) in [6, 6.07) is 17.2. The maximum Gasteiger partial charge on any atom is 0.262 e. The highest BCUT2D eigenvalue weighted by Gasteiger charge is 2.14. The zero-order valence-corrected chi connectivity index (χ0v) is 16.0. The number of nitriles is 1. The smallest absolute Gasteiger partial charge is 0.262 e. The minimum Gasteiger partial charge on any atom is -0.377 e. The van der Waals surface area contributed by atoms with Gasteiger partial charge in [0.15, 0.2) is 0 Å². The second-order valence-corrected chi connectivity index (χ2v) is 6.74. The molecule has 2 aromatic rings. The molecule has 0 aliphatic heterocycles. The predicted octanol–water partition coefficient (Wildman–Crippen LogP) is 4.30. The van der Waals surface area contributed by atoms with E-state index in [9.17, 15) is 10.1 Å². The average molecular weight is 398 g/mol. The molecule has 2 aromatic carbocycles. The predicted molar refractivity (Wildman–Crippen MR) is 105 cm³/mol. The number of amides is 1. The van der Waals surface area contributed by atoms with Crippen molar-refractivity contribution in [3.8, 4) is 6.07 Å². The number of carbonyl (C=O) groups excluding carboxylic acids is 1. The first-order valence-corrected chi connectivity index (χ1v) is 8.66. The van der Waals surface area contributed by atoms with Gasteiger partial charge in [0.2, 0.25) is 0 Å². The molecule has 1 atom stereocenters. The molecule has 0 saturated carbocycles. The largest absolute Gasteiger partial charge is 0.377 e. The molecule has 0 aromatic heterocycles. The van der Waals surface area contributed by atoms with Gasteiger partial charge in [-0.3, -0.25) is 4.79 Å². The summed E-state index contributed by atoms with van der Waals surface area (Å²) in [5.74, 6) is -0.383. The fraction of sp³-hybridized carbons (Fsp3) is 0.200. The molecule has 0 radical (unpaired) electrons. The van der Waals surface area contributed by atoms with E-state index in [2.05, 4.69) is 21.2 Å². The van der Waals surface area contributed by atoms with E-state index >= 15 is 0 Å². The highest BCUT2D eigenvalue weighted by molar-refractivity contribution is 9.10. The molecule has 1 amide bonds. The van der Waals surface area contributed by atoms with Gasteiger partial charge in [-0.05, 0) is 52.2 Å². The molecule has 0 aliphatic carbocycles. The maximum atomic E-state index is 12.4. The fourth-order valence-electron chi connectivity index (χ4n) is 2.39. The van der Waals surface area contributed by atoms with E-state index in [1.165, 1.54) is 0 Å². The molecule has 1 N–H and O–H groups in total. The first-order chi connectivity index (χ1) is 11.9. The van der Waals surface area contributed by atoms with Crippen LogP contribution in [0.3, 0.4) is 0 Å². The molecule has 25 heavy (non-hydrogen) atoms. The van der Waals surface area contributed by atoms with Crippen molar-refractivity contribution in [3.63, 3.8) is 0 Å². The lowest BCUT2D eigenvalue weighted by Gasteiger charge is -2.15. The van der Waals surface area contributed by atoms with Crippen molar-refractivity contribution in [3.05, 3.63) is 69.7 Å². The molecule has 0 saturated heterocycles. The maximum absolute atomic E-state index is 12.4. The van der Waals surface area contributed by atoms with Gasteiger partial charge in [-0.1, -0.05) is 36.4 Å². The van der Waals surface area contributed by atoms with Gasteiger partial charge in [-0.2, -0.15) is 5.26 Å². The van der Waals surface area contributed by atoms with E-state index in [4.69, 9.17) is 0 Å². The Bertz CT molecular complexity index is 823. The van der Waals surface area contributed by atoms with Gasteiger partial charge in [-0.25, -0.2) is 0 Å². The van der Waals surface area contributed by atoms with Gasteiger partial charge in [0.1, 0.15) is 11.6 Å². The molecule has 2 rings (SSSR count). The van der Waals surface area contributed by atoms with Crippen LogP contribution in [0, 0.1) is 11.3 Å². The Morgan fingerprint density at radius 3 is 2.48 bits per heavy atom. The quantitative estimate of drug-likeness (QED) is 0.604. The number of hydrogen-bond acceptors (Lipinski definition) is 3. The summed E-state index contributed by atoms with van der Waals surface area (Å²) < 4.78 is 0.904. The molecule has 0 spiro atoms. The summed E-state index contributed by atoms with van der Waals surface area (Å²) in [4.78, 5) is 14.4. The molecule has 0 aliphatic rings. The van der Waals surface area contributed by atoms with Crippen LogP contribution in [0.5, 0.6) is 0 Å². The average Bonchev–Trinajstić information content (AvgIpc) is 2.60. The van der Waals surface area contributed by atoms with Crippen molar-refractivity contribution in [2.75, 3.05) is 19.0 Å². The Balaban J connectivity index is 2.18. The molecule has 0 bridgehead atoms. The van der Waals surface area contributed by atoms with E-state index < -0.39 is 0 Å². The molecule has 5 heteroatoms. The van der Waals surface area contributed by atoms with Crippen LogP contribution in [-0.4, -0.2) is 20.0 Å². The van der Waals surface area contributed by atoms with Crippen molar-refractivity contribution in [1.82, 2.24) is 5.32 Å². The standard InChI is InChI=1S/C20H20BrN3O/c1-14(16-7-5-4-6-8-16)23-20(25)17(13-22)11-15-9-10-19(24(2)3)18(21)12-15/h4-12,14H,1-3H3,(H,23,25)/b17-11-/t14-/m0/s1. The molecular formula is C20H20BrN3O. The van der Waals surface area contributed by atoms with E-state index in [-0.39, 0.29) is 17.5 Å². The minimum absolute atomic E-state index is 0.0762. The molecule has 4 nitrogen and oxygen atoms in total. The first kappa shape index (κ1) is 18.8. The van der Waals surface area contributed by atoms with Crippen LogP contribution in [0.2, 0.25) is 0 Å². The lowest BCUT2D eigenvalue weighted by Crippen LogP contribution is -2.27. The summed E-state index contributed by atoms with van der Waals surface area (Å²) >= 11 is 3.51. The van der Waals surface area contributed by atoms with Crippen molar-refractivity contribution in [2.45, 2.75) is 13.0 Å². The van der Waals surface area contributed by atoms with Crippen molar-refractivity contribution >= 4 is 33.6 Å². The van der Waals surface area contributed by atoms with Crippen LogP contribution >= 0.6 is 15.9 Å². The van der Waals surface area contributed by atoms with Crippen molar-refractivity contribution in [2.24, 2.45) is 0 Å². The van der Waals surface area contributed by atoms with Crippen molar-refractivity contribution < 1.29 is 4.79 Å². The van der Waals surface area contributed by atoms with Gasteiger partial charge in [0, 0.05) is 18.6 Å². The van der Waals surface area contributed by atoms with Crippen LogP contribution in [0.4, 0.5) is 5.69 Å². The van der Waals surface area contributed by atoms with E-state index in [1.54, 1.807) is 6.08 Å². The normalized spacial score (nSPS) is 12.2. The first-order valence-electron chi connectivity index (χ1n) is 7.87. The Morgan fingerprint density at radius 1 is 1.24 bits per heavy atom. The Hall–Kier alpha value is -2.58. The van der Waals surface area contributed by atoms with E-state index in [1.807, 2.05) is 80.5 Å². The molecule has 128 valence electrons. The summed E-state index contributed by atoms with van der Waals surface area (Å²) in [5.41, 5.74) is 2.88. The molecule has 0 fully saturated rings. The van der Waals surface area contributed by atoms with Crippen LogP contribution in [-0.2, 0) is 4.79 Å². The van der Waals surface area contributed by atoms with Crippen molar-refractivity contribution in [1.29, 1.82) is 5.26 Å². The third-order valence-electron chi connectivity index (χ3n) is 3.78. The van der Waals surface area contributed by atoms with Gasteiger partial charge in [0.05, 0.1) is 11.7 Å². The Morgan fingerprint density at radius 2 is 1.92 bits per heavy atom. The number of halogens is 1. The Kier molecular flexibility index (Phi) is 6.37. The van der Waals surface area contributed by atoms with Crippen LogP contribution < -0.4 is 10.2 Å². The van der Waals surface area contributed by atoms with Gasteiger partial charge in [-0.15, -0.1) is 0 Å².